The summed E-state index contributed by atoms with van der Waals surface area (Å²) in [7, 11) is 0. The van der Waals surface area contributed by atoms with Gasteiger partial charge in [-0.3, -0.25) is 4.90 Å². The fourth-order valence-electron chi connectivity index (χ4n) is 2.04. The average molecular weight is 242 g/mol. The average Bonchev–Trinajstić information content (AvgIpc) is 2.71. The molecular formula is C12H22N2OS. The summed E-state index contributed by atoms with van der Waals surface area (Å²) in [4.78, 5) is 3.56. The Kier molecular flexibility index (Phi) is 5.98. The van der Waals surface area contributed by atoms with Crippen LogP contribution in [0, 0.1) is 0 Å². The first-order valence-corrected chi connectivity index (χ1v) is 6.72. The van der Waals surface area contributed by atoms with E-state index in [-0.39, 0.29) is 18.7 Å². The lowest BCUT2D eigenvalue weighted by atomic mass is 10.1. The van der Waals surface area contributed by atoms with Gasteiger partial charge in [0.15, 0.2) is 0 Å². The zero-order valence-corrected chi connectivity index (χ0v) is 10.9. The summed E-state index contributed by atoms with van der Waals surface area (Å²) < 4.78 is 0. The molecule has 0 saturated heterocycles. The summed E-state index contributed by atoms with van der Waals surface area (Å²) in [5.74, 6) is 0. The summed E-state index contributed by atoms with van der Waals surface area (Å²) in [5.41, 5.74) is 6.07. The molecule has 3 N–H and O–H groups in total. The van der Waals surface area contributed by atoms with Gasteiger partial charge in [0.25, 0.3) is 0 Å². The van der Waals surface area contributed by atoms with Crippen LogP contribution in [0.15, 0.2) is 17.5 Å². The normalized spacial score (nSPS) is 15.3. The molecule has 1 heterocycles. The highest BCUT2D eigenvalue weighted by molar-refractivity contribution is 7.10. The second kappa shape index (κ2) is 7.01. The van der Waals surface area contributed by atoms with Gasteiger partial charge in [-0.2, -0.15) is 0 Å². The van der Waals surface area contributed by atoms with Gasteiger partial charge >= 0.3 is 0 Å². The molecular weight excluding hydrogens is 220 g/mol. The summed E-state index contributed by atoms with van der Waals surface area (Å²) in [6.45, 7) is 6.04. The van der Waals surface area contributed by atoms with E-state index in [9.17, 15) is 0 Å². The third-order valence-electron chi connectivity index (χ3n) is 2.62. The van der Waals surface area contributed by atoms with Gasteiger partial charge in [0.2, 0.25) is 0 Å². The molecule has 0 bridgehead atoms. The van der Waals surface area contributed by atoms with Gasteiger partial charge in [-0.15, -0.1) is 11.3 Å². The van der Waals surface area contributed by atoms with Crippen LogP contribution in [0.25, 0.3) is 0 Å². The Morgan fingerprint density at radius 1 is 1.50 bits per heavy atom. The SMILES string of the molecule is CCCN(CCO)C(c1cccs1)C(C)N. The van der Waals surface area contributed by atoms with E-state index in [0.29, 0.717) is 6.54 Å². The number of hydrogen-bond acceptors (Lipinski definition) is 4. The van der Waals surface area contributed by atoms with Crippen molar-refractivity contribution in [1.82, 2.24) is 4.90 Å². The first-order chi connectivity index (χ1) is 7.70. The van der Waals surface area contributed by atoms with Crippen LogP contribution < -0.4 is 5.73 Å². The van der Waals surface area contributed by atoms with Crippen LogP contribution in [0.4, 0.5) is 0 Å². The van der Waals surface area contributed by atoms with Crippen LogP contribution in [0.5, 0.6) is 0 Å². The number of hydrogen-bond donors (Lipinski definition) is 2. The molecule has 1 rings (SSSR count). The quantitative estimate of drug-likeness (QED) is 0.767. The zero-order valence-electron chi connectivity index (χ0n) is 10.1. The minimum atomic E-state index is 0.0803. The van der Waals surface area contributed by atoms with Crippen LogP contribution in [-0.2, 0) is 0 Å². The molecule has 16 heavy (non-hydrogen) atoms. The van der Waals surface area contributed by atoms with E-state index in [4.69, 9.17) is 10.8 Å². The van der Waals surface area contributed by atoms with Gasteiger partial charge in [0.05, 0.1) is 12.6 Å². The highest BCUT2D eigenvalue weighted by Crippen LogP contribution is 2.27. The van der Waals surface area contributed by atoms with Gasteiger partial charge in [-0.1, -0.05) is 13.0 Å². The lowest BCUT2D eigenvalue weighted by Crippen LogP contribution is -2.41. The maximum atomic E-state index is 9.11. The second-order valence-corrected chi connectivity index (χ2v) is 5.06. The molecule has 1 aromatic heterocycles. The van der Waals surface area contributed by atoms with Crippen molar-refractivity contribution < 1.29 is 5.11 Å². The maximum Gasteiger partial charge on any atom is 0.0591 e. The third kappa shape index (κ3) is 3.56. The molecule has 0 aliphatic heterocycles. The molecule has 1 aromatic rings. The number of nitrogens with two attached hydrogens (primary N) is 1. The van der Waals surface area contributed by atoms with Crippen LogP contribution in [0.1, 0.15) is 31.2 Å². The highest BCUT2D eigenvalue weighted by atomic mass is 32.1. The Bertz CT molecular complexity index is 269. The molecule has 0 saturated carbocycles. The Morgan fingerprint density at radius 3 is 2.69 bits per heavy atom. The molecule has 0 aliphatic carbocycles. The summed E-state index contributed by atoms with van der Waals surface area (Å²) in [6, 6.07) is 4.49. The first kappa shape index (κ1) is 13.6. The lowest BCUT2D eigenvalue weighted by molar-refractivity contribution is 0.139. The van der Waals surface area contributed by atoms with Crippen LogP contribution >= 0.6 is 11.3 Å². The first-order valence-electron chi connectivity index (χ1n) is 5.84. The van der Waals surface area contributed by atoms with Crippen LogP contribution in [-0.4, -0.2) is 35.7 Å². The van der Waals surface area contributed by atoms with Gasteiger partial charge in [-0.25, -0.2) is 0 Å². The van der Waals surface area contributed by atoms with E-state index in [1.165, 1.54) is 4.88 Å². The third-order valence-corrected chi connectivity index (χ3v) is 3.57. The van der Waals surface area contributed by atoms with E-state index in [2.05, 4.69) is 29.3 Å². The Balaban J connectivity index is 2.81. The zero-order chi connectivity index (χ0) is 12.0. The largest absolute Gasteiger partial charge is 0.395 e. The standard InChI is InChI=1S/C12H22N2OS/c1-3-6-14(7-8-15)12(10(2)13)11-5-4-9-16-11/h4-5,9-10,12,15H,3,6-8,13H2,1-2H3. The van der Waals surface area contributed by atoms with E-state index >= 15 is 0 Å². The summed E-state index contributed by atoms with van der Waals surface area (Å²) in [6.07, 6.45) is 1.08. The molecule has 0 radical (unpaired) electrons. The van der Waals surface area contributed by atoms with Crippen molar-refractivity contribution in [2.24, 2.45) is 5.73 Å². The van der Waals surface area contributed by atoms with Gasteiger partial charge in [0, 0.05) is 17.5 Å². The van der Waals surface area contributed by atoms with Crippen molar-refractivity contribution in [1.29, 1.82) is 0 Å². The Morgan fingerprint density at radius 2 is 2.25 bits per heavy atom. The fraction of sp³-hybridized carbons (Fsp3) is 0.667. The van der Waals surface area contributed by atoms with E-state index in [1.807, 2.05) is 6.92 Å². The Labute approximate surface area is 102 Å². The molecule has 4 heteroatoms. The van der Waals surface area contributed by atoms with Crippen molar-refractivity contribution in [2.45, 2.75) is 32.4 Å². The minimum absolute atomic E-state index is 0.0803. The Hall–Kier alpha value is -0.420. The fourth-order valence-corrected chi connectivity index (χ4v) is 3.01. The molecule has 2 atom stereocenters. The maximum absolute atomic E-state index is 9.11. The number of aliphatic hydroxyl groups is 1. The van der Waals surface area contributed by atoms with Crippen molar-refractivity contribution in [3.8, 4) is 0 Å². The molecule has 92 valence electrons. The number of nitrogens with zero attached hydrogens (tertiary/aromatic N) is 1. The second-order valence-electron chi connectivity index (χ2n) is 4.08. The molecule has 0 fully saturated rings. The van der Waals surface area contributed by atoms with E-state index < -0.39 is 0 Å². The van der Waals surface area contributed by atoms with Crippen LogP contribution in [0.3, 0.4) is 0 Å². The molecule has 0 aliphatic rings. The molecule has 0 amide bonds. The monoisotopic (exact) mass is 242 g/mol. The van der Waals surface area contributed by atoms with Gasteiger partial charge in [0.1, 0.15) is 0 Å². The predicted octanol–water partition coefficient (Wildman–Crippen LogP) is 1.84. The van der Waals surface area contributed by atoms with Gasteiger partial charge in [-0.05, 0) is 31.3 Å². The van der Waals surface area contributed by atoms with Crippen LogP contribution in [0.2, 0.25) is 0 Å². The summed E-state index contributed by atoms with van der Waals surface area (Å²) >= 11 is 1.74. The van der Waals surface area contributed by atoms with E-state index in [0.717, 1.165) is 13.0 Å². The highest BCUT2D eigenvalue weighted by Gasteiger charge is 2.23. The number of rotatable bonds is 7. The van der Waals surface area contributed by atoms with Gasteiger partial charge < -0.3 is 10.8 Å². The van der Waals surface area contributed by atoms with Crippen molar-refractivity contribution in [2.75, 3.05) is 19.7 Å². The van der Waals surface area contributed by atoms with E-state index in [1.54, 1.807) is 11.3 Å². The van der Waals surface area contributed by atoms with Crippen molar-refractivity contribution in [3.63, 3.8) is 0 Å². The molecule has 0 spiro atoms. The topological polar surface area (TPSA) is 49.5 Å². The number of aliphatic hydroxyl groups excluding tert-OH is 1. The number of thiophene rings is 1. The smallest absolute Gasteiger partial charge is 0.0591 e. The van der Waals surface area contributed by atoms with Crippen molar-refractivity contribution >= 4 is 11.3 Å². The molecule has 2 unspecified atom stereocenters. The predicted molar refractivity (Wildman–Crippen MR) is 69.7 cm³/mol. The molecule has 3 nitrogen and oxygen atoms in total. The minimum Gasteiger partial charge on any atom is -0.395 e. The summed E-state index contributed by atoms with van der Waals surface area (Å²) in [5, 5.41) is 11.2. The lowest BCUT2D eigenvalue weighted by Gasteiger charge is -2.33. The molecule has 0 aromatic carbocycles. The van der Waals surface area contributed by atoms with Crippen molar-refractivity contribution in [3.05, 3.63) is 22.4 Å².